The lowest BCUT2D eigenvalue weighted by molar-refractivity contribution is 0.0964. The fourth-order valence-electron chi connectivity index (χ4n) is 3.81. The number of ether oxygens (including phenoxy) is 2. The third-order valence-corrected chi connectivity index (χ3v) is 6.41. The summed E-state index contributed by atoms with van der Waals surface area (Å²) < 4.78 is 11.5. The van der Waals surface area contributed by atoms with Gasteiger partial charge >= 0.3 is 6.03 Å². The summed E-state index contributed by atoms with van der Waals surface area (Å²) in [5, 5.41) is 5.93. The largest absolute Gasteiger partial charge is 0.496 e. The number of aryl methyl sites for hydroxylation is 1. The Morgan fingerprint density at radius 3 is 2.27 bits per heavy atom. The van der Waals surface area contributed by atoms with Crippen molar-refractivity contribution in [3.8, 4) is 28.4 Å². The number of imide groups is 1. The van der Waals surface area contributed by atoms with E-state index in [0.717, 1.165) is 11.1 Å². The van der Waals surface area contributed by atoms with Crippen LogP contribution in [0.1, 0.15) is 21.5 Å². The van der Waals surface area contributed by atoms with E-state index in [2.05, 4.69) is 10.6 Å². The van der Waals surface area contributed by atoms with Crippen molar-refractivity contribution in [1.82, 2.24) is 5.32 Å². The fraction of sp³-hybridized carbons (Fsp3) is 0.103. The van der Waals surface area contributed by atoms with E-state index in [9.17, 15) is 9.59 Å². The van der Waals surface area contributed by atoms with Crippen LogP contribution in [0.3, 0.4) is 0 Å². The first-order valence-electron chi connectivity index (χ1n) is 11.4. The molecule has 3 amide bonds. The molecule has 2 N–H and O–H groups in total. The van der Waals surface area contributed by atoms with E-state index < -0.39 is 11.9 Å². The van der Waals surface area contributed by atoms with Gasteiger partial charge in [0.1, 0.15) is 17.2 Å². The first-order valence-corrected chi connectivity index (χ1v) is 12.1. The molecule has 0 radical (unpaired) electrons. The standard InChI is InChI=1S/C29H24Cl2N2O4/c1-17-15-23(32-29(35)33-28(34)21-11-7-8-12-24(21)36-3)18(2)26(31)27(17)37-25-14-13-20(30)16-22(25)19-9-5-4-6-10-19/h4-16H,1-3H3,(H2,32,33,34,35). The molecule has 0 saturated heterocycles. The van der Waals surface area contributed by atoms with E-state index in [4.69, 9.17) is 32.7 Å². The first kappa shape index (κ1) is 26.1. The second kappa shape index (κ2) is 11.4. The number of hydrogen-bond acceptors (Lipinski definition) is 4. The number of methoxy groups -OCH3 is 1. The number of para-hydroxylation sites is 1. The van der Waals surface area contributed by atoms with Crippen molar-refractivity contribution in [2.75, 3.05) is 12.4 Å². The van der Waals surface area contributed by atoms with Crippen molar-refractivity contribution in [2.45, 2.75) is 13.8 Å². The number of hydrogen-bond donors (Lipinski definition) is 2. The highest BCUT2D eigenvalue weighted by atomic mass is 35.5. The second-order valence-corrected chi connectivity index (χ2v) is 9.04. The number of urea groups is 1. The minimum absolute atomic E-state index is 0.243. The van der Waals surface area contributed by atoms with Gasteiger partial charge < -0.3 is 14.8 Å². The zero-order chi connectivity index (χ0) is 26.5. The lowest BCUT2D eigenvalue weighted by Gasteiger charge is -2.18. The summed E-state index contributed by atoms with van der Waals surface area (Å²) in [6.45, 7) is 3.58. The van der Waals surface area contributed by atoms with Gasteiger partial charge in [-0.2, -0.15) is 0 Å². The highest BCUT2D eigenvalue weighted by Gasteiger charge is 2.19. The normalized spacial score (nSPS) is 10.5. The minimum atomic E-state index is -0.702. The van der Waals surface area contributed by atoms with Crippen LogP contribution in [0.5, 0.6) is 17.2 Å². The Bertz CT molecular complexity index is 1470. The average Bonchev–Trinajstić information content (AvgIpc) is 2.90. The molecule has 0 unspecified atom stereocenters. The van der Waals surface area contributed by atoms with Crippen LogP contribution in [0.2, 0.25) is 10.0 Å². The molecule has 0 aliphatic heterocycles. The molecule has 0 atom stereocenters. The predicted octanol–water partition coefficient (Wildman–Crippen LogP) is 8.04. The molecule has 4 aromatic rings. The summed E-state index contributed by atoms with van der Waals surface area (Å²) in [6, 6.07) is 22.8. The lowest BCUT2D eigenvalue weighted by atomic mass is 10.0. The Labute approximate surface area is 225 Å². The van der Waals surface area contributed by atoms with Crippen LogP contribution >= 0.6 is 23.2 Å². The van der Waals surface area contributed by atoms with Gasteiger partial charge in [-0.05, 0) is 66.9 Å². The Balaban J connectivity index is 1.57. The second-order valence-electron chi connectivity index (χ2n) is 8.23. The van der Waals surface area contributed by atoms with Gasteiger partial charge in [-0.15, -0.1) is 0 Å². The van der Waals surface area contributed by atoms with Crippen molar-refractivity contribution in [2.24, 2.45) is 0 Å². The average molecular weight is 535 g/mol. The monoisotopic (exact) mass is 534 g/mol. The predicted molar refractivity (Wildman–Crippen MR) is 147 cm³/mol. The molecule has 0 heterocycles. The smallest absolute Gasteiger partial charge is 0.326 e. The topological polar surface area (TPSA) is 76.7 Å². The number of anilines is 1. The van der Waals surface area contributed by atoms with E-state index in [1.807, 2.05) is 43.3 Å². The van der Waals surface area contributed by atoms with E-state index in [-0.39, 0.29) is 5.56 Å². The van der Waals surface area contributed by atoms with Gasteiger partial charge in [0.05, 0.1) is 17.7 Å². The molecule has 4 rings (SSSR count). The van der Waals surface area contributed by atoms with Crippen molar-refractivity contribution in [3.05, 3.63) is 106 Å². The highest BCUT2D eigenvalue weighted by Crippen LogP contribution is 2.42. The molecule has 188 valence electrons. The van der Waals surface area contributed by atoms with E-state index in [1.54, 1.807) is 49.4 Å². The van der Waals surface area contributed by atoms with Crippen molar-refractivity contribution in [1.29, 1.82) is 0 Å². The Morgan fingerprint density at radius 1 is 0.838 bits per heavy atom. The van der Waals surface area contributed by atoms with Crippen molar-refractivity contribution >= 4 is 40.8 Å². The SMILES string of the molecule is COc1ccccc1C(=O)NC(=O)Nc1cc(C)c(Oc2ccc(Cl)cc2-c2ccccc2)c(Cl)c1C. The molecule has 4 aromatic carbocycles. The summed E-state index contributed by atoms with van der Waals surface area (Å²) in [4.78, 5) is 25.2. The van der Waals surface area contributed by atoms with Gasteiger partial charge in [-0.3, -0.25) is 10.1 Å². The van der Waals surface area contributed by atoms with Gasteiger partial charge in [0.15, 0.2) is 0 Å². The molecule has 0 aromatic heterocycles. The highest BCUT2D eigenvalue weighted by molar-refractivity contribution is 6.33. The van der Waals surface area contributed by atoms with Gasteiger partial charge in [0, 0.05) is 16.3 Å². The minimum Gasteiger partial charge on any atom is -0.496 e. The number of halogens is 2. The maximum absolute atomic E-state index is 12.6. The Hall–Kier alpha value is -4.00. The van der Waals surface area contributed by atoms with Crippen LogP contribution in [0.15, 0.2) is 78.9 Å². The zero-order valence-electron chi connectivity index (χ0n) is 20.4. The number of nitrogens with one attached hydrogen (secondary N) is 2. The van der Waals surface area contributed by atoms with Crippen molar-refractivity contribution < 1.29 is 19.1 Å². The van der Waals surface area contributed by atoms with E-state index >= 15 is 0 Å². The quantitative estimate of drug-likeness (QED) is 0.262. The van der Waals surface area contributed by atoms with Gasteiger partial charge in [-0.25, -0.2) is 4.79 Å². The van der Waals surface area contributed by atoms with Gasteiger partial charge in [-0.1, -0.05) is 65.7 Å². The summed E-state index contributed by atoms with van der Waals surface area (Å²) in [6.07, 6.45) is 0. The van der Waals surface area contributed by atoms with Crippen LogP contribution < -0.4 is 20.1 Å². The zero-order valence-corrected chi connectivity index (χ0v) is 21.9. The maximum Gasteiger partial charge on any atom is 0.326 e. The Morgan fingerprint density at radius 2 is 1.54 bits per heavy atom. The van der Waals surface area contributed by atoms with Crippen LogP contribution in [0.4, 0.5) is 10.5 Å². The third-order valence-electron chi connectivity index (χ3n) is 5.72. The molecular weight excluding hydrogens is 511 g/mol. The third kappa shape index (κ3) is 5.88. The van der Waals surface area contributed by atoms with Crippen LogP contribution in [0.25, 0.3) is 11.1 Å². The molecule has 37 heavy (non-hydrogen) atoms. The van der Waals surface area contributed by atoms with Gasteiger partial charge in [0.25, 0.3) is 5.91 Å². The first-order chi connectivity index (χ1) is 17.8. The van der Waals surface area contributed by atoms with E-state index in [0.29, 0.717) is 44.1 Å². The molecule has 0 saturated carbocycles. The van der Waals surface area contributed by atoms with Gasteiger partial charge in [0.2, 0.25) is 0 Å². The number of carbonyl (C=O) groups is 2. The number of amides is 3. The number of carbonyl (C=O) groups excluding carboxylic acids is 2. The number of rotatable bonds is 6. The molecule has 0 aliphatic rings. The molecule has 0 fully saturated rings. The molecule has 8 heteroatoms. The molecule has 0 aliphatic carbocycles. The summed E-state index contributed by atoms with van der Waals surface area (Å²) in [5.74, 6) is 0.809. The van der Waals surface area contributed by atoms with Crippen LogP contribution in [-0.4, -0.2) is 19.0 Å². The van der Waals surface area contributed by atoms with Crippen LogP contribution in [0, 0.1) is 13.8 Å². The Kier molecular flexibility index (Phi) is 8.01. The molecule has 6 nitrogen and oxygen atoms in total. The number of benzene rings is 4. The fourth-order valence-corrected chi connectivity index (χ4v) is 4.27. The van der Waals surface area contributed by atoms with Crippen LogP contribution in [-0.2, 0) is 0 Å². The summed E-state index contributed by atoms with van der Waals surface area (Å²) >= 11 is 13.0. The summed E-state index contributed by atoms with van der Waals surface area (Å²) in [5.41, 5.74) is 3.72. The van der Waals surface area contributed by atoms with Crippen molar-refractivity contribution in [3.63, 3.8) is 0 Å². The molecule has 0 bridgehead atoms. The lowest BCUT2D eigenvalue weighted by Crippen LogP contribution is -2.34. The maximum atomic E-state index is 12.6. The molecular formula is C29H24Cl2N2O4. The molecule has 0 spiro atoms. The van der Waals surface area contributed by atoms with E-state index in [1.165, 1.54) is 7.11 Å². The summed E-state index contributed by atoms with van der Waals surface area (Å²) in [7, 11) is 1.46.